The van der Waals surface area contributed by atoms with Gasteiger partial charge in [-0.1, -0.05) is 49.2 Å². The average molecular weight is 476 g/mol. The number of allylic oxidation sites excluding steroid dienone is 1. The van der Waals surface area contributed by atoms with Gasteiger partial charge in [-0.05, 0) is 63.6 Å². The van der Waals surface area contributed by atoms with Gasteiger partial charge in [0.05, 0.1) is 6.54 Å². The Morgan fingerprint density at radius 3 is 2.46 bits per heavy atom. The maximum absolute atomic E-state index is 13.5. The molecule has 3 heterocycles. The number of hydrogen-bond acceptors (Lipinski definition) is 4. The summed E-state index contributed by atoms with van der Waals surface area (Å²) in [7, 11) is 0. The monoisotopic (exact) mass is 475 g/mol. The number of aromatic nitrogens is 2. The molecule has 6 heteroatoms. The Morgan fingerprint density at radius 1 is 1.00 bits per heavy atom. The maximum Gasteiger partial charge on any atom is 0.274 e. The Hall–Kier alpha value is -2.44. The minimum absolute atomic E-state index is 0.140. The van der Waals surface area contributed by atoms with E-state index in [0.29, 0.717) is 24.3 Å². The van der Waals surface area contributed by atoms with Crippen LogP contribution in [-0.2, 0) is 25.9 Å². The molecule has 1 aliphatic carbocycles. The molecular formula is C29H41N5O. The van der Waals surface area contributed by atoms with Crippen molar-refractivity contribution in [1.82, 2.24) is 24.9 Å². The molecule has 0 saturated carbocycles. The van der Waals surface area contributed by atoms with Crippen molar-refractivity contribution in [2.45, 2.75) is 83.0 Å². The van der Waals surface area contributed by atoms with Gasteiger partial charge in [-0.25, -0.2) is 0 Å². The van der Waals surface area contributed by atoms with Gasteiger partial charge in [-0.2, -0.15) is 5.10 Å². The quantitative estimate of drug-likeness (QED) is 0.610. The van der Waals surface area contributed by atoms with Crippen LogP contribution in [-0.4, -0.2) is 63.8 Å². The lowest BCUT2D eigenvalue weighted by molar-refractivity contribution is 0.0753. The molecule has 1 amide bonds. The number of hydrogen-bond donors (Lipinski definition) is 1. The van der Waals surface area contributed by atoms with E-state index in [2.05, 4.69) is 47.1 Å². The van der Waals surface area contributed by atoms with Crippen LogP contribution in [0, 0.1) is 0 Å². The molecule has 1 aromatic heterocycles. The fourth-order valence-electron chi connectivity index (χ4n) is 6.13. The minimum Gasteiger partial charge on any atom is -0.337 e. The molecule has 35 heavy (non-hydrogen) atoms. The first-order valence-corrected chi connectivity index (χ1v) is 13.7. The predicted molar refractivity (Wildman–Crippen MR) is 140 cm³/mol. The van der Waals surface area contributed by atoms with Crippen LogP contribution in [0.1, 0.15) is 72.3 Å². The molecule has 0 bridgehead atoms. The minimum atomic E-state index is 0.140. The zero-order chi connectivity index (χ0) is 24.0. The van der Waals surface area contributed by atoms with Gasteiger partial charge in [0.15, 0.2) is 5.69 Å². The average Bonchev–Trinajstić information content (AvgIpc) is 3.04. The van der Waals surface area contributed by atoms with Gasteiger partial charge in [0, 0.05) is 43.0 Å². The lowest BCUT2D eigenvalue weighted by Gasteiger charge is -2.35. The van der Waals surface area contributed by atoms with E-state index in [9.17, 15) is 4.79 Å². The molecular weight excluding hydrogens is 434 g/mol. The molecule has 1 atom stereocenters. The molecule has 2 saturated heterocycles. The van der Waals surface area contributed by atoms with E-state index < -0.39 is 0 Å². The smallest absolute Gasteiger partial charge is 0.274 e. The van der Waals surface area contributed by atoms with Crippen molar-refractivity contribution >= 4 is 5.91 Å². The predicted octanol–water partition coefficient (Wildman–Crippen LogP) is 4.20. The Balaban J connectivity index is 1.22. The normalized spacial score (nSPS) is 21.9. The highest BCUT2D eigenvalue weighted by atomic mass is 16.2. The van der Waals surface area contributed by atoms with Crippen molar-refractivity contribution in [3.8, 4) is 0 Å². The van der Waals surface area contributed by atoms with Crippen LogP contribution in [0.3, 0.4) is 0 Å². The molecule has 5 rings (SSSR count). The summed E-state index contributed by atoms with van der Waals surface area (Å²) in [4.78, 5) is 18.1. The molecule has 3 aliphatic rings. The topological polar surface area (TPSA) is 53.4 Å². The van der Waals surface area contributed by atoms with Gasteiger partial charge in [-0.3, -0.25) is 14.4 Å². The van der Waals surface area contributed by atoms with Crippen molar-refractivity contribution < 1.29 is 4.79 Å². The van der Waals surface area contributed by atoms with Crippen LogP contribution < -0.4 is 5.32 Å². The van der Waals surface area contributed by atoms with E-state index in [1.165, 1.54) is 42.5 Å². The summed E-state index contributed by atoms with van der Waals surface area (Å²) >= 11 is 0. The molecule has 2 fully saturated rings. The van der Waals surface area contributed by atoms with Crippen molar-refractivity contribution in [2.24, 2.45) is 0 Å². The number of amides is 1. The third kappa shape index (κ3) is 5.87. The summed E-state index contributed by atoms with van der Waals surface area (Å²) in [6, 6.07) is 11.8. The maximum atomic E-state index is 13.5. The fourth-order valence-corrected chi connectivity index (χ4v) is 6.13. The highest BCUT2D eigenvalue weighted by Crippen LogP contribution is 2.28. The second-order valence-electron chi connectivity index (χ2n) is 10.6. The summed E-state index contributed by atoms with van der Waals surface area (Å²) in [6.45, 7) is 9.65. The molecule has 1 N–H and O–H groups in total. The van der Waals surface area contributed by atoms with Crippen LogP contribution in [0.25, 0.3) is 0 Å². The molecule has 1 unspecified atom stereocenters. The zero-order valence-corrected chi connectivity index (χ0v) is 21.1. The Morgan fingerprint density at radius 2 is 1.74 bits per heavy atom. The van der Waals surface area contributed by atoms with Gasteiger partial charge in [0.25, 0.3) is 5.91 Å². The van der Waals surface area contributed by atoms with Crippen LogP contribution >= 0.6 is 0 Å². The molecule has 1 aromatic carbocycles. The lowest BCUT2D eigenvalue weighted by atomic mass is 9.89. The first-order chi connectivity index (χ1) is 17.2. The van der Waals surface area contributed by atoms with Crippen molar-refractivity contribution in [3.05, 3.63) is 65.5 Å². The third-order valence-electron chi connectivity index (χ3n) is 8.05. The largest absolute Gasteiger partial charge is 0.337 e. The van der Waals surface area contributed by atoms with Crippen molar-refractivity contribution in [1.29, 1.82) is 0 Å². The number of likely N-dealkylation sites (tertiary alicyclic amines) is 2. The lowest BCUT2D eigenvalue weighted by Crippen LogP contribution is -2.47. The highest BCUT2D eigenvalue weighted by Gasteiger charge is 2.32. The number of benzene rings is 1. The summed E-state index contributed by atoms with van der Waals surface area (Å²) in [5, 5.41) is 8.81. The van der Waals surface area contributed by atoms with E-state index in [-0.39, 0.29) is 5.91 Å². The summed E-state index contributed by atoms with van der Waals surface area (Å²) in [6.07, 6.45) is 11.9. The molecule has 6 nitrogen and oxygen atoms in total. The first-order valence-electron chi connectivity index (χ1n) is 13.7. The number of fused-ring (bicyclic) bond motifs is 1. The SMILES string of the molecule is C=CCn1nc(C(=O)N2CCCCCC2)c2c1CCC(NC1CCN(Cc3ccccc3)CC1)C2. The molecule has 0 radical (unpaired) electrons. The molecule has 2 aromatic rings. The Labute approximate surface area is 210 Å². The van der Waals surface area contributed by atoms with Crippen LogP contribution in [0.15, 0.2) is 43.0 Å². The number of rotatable bonds is 7. The van der Waals surface area contributed by atoms with Gasteiger partial charge in [0.1, 0.15) is 0 Å². The van der Waals surface area contributed by atoms with E-state index in [4.69, 9.17) is 5.10 Å². The van der Waals surface area contributed by atoms with Gasteiger partial charge in [0.2, 0.25) is 0 Å². The second kappa shape index (κ2) is 11.5. The van der Waals surface area contributed by atoms with E-state index >= 15 is 0 Å². The summed E-state index contributed by atoms with van der Waals surface area (Å²) in [5.74, 6) is 0.140. The van der Waals surface area contributed by atoms with Crippen LogP contribution in [0.2, 0.25) is 0 Å². The van der Waals surface area contributed by atoms with Crippen LogP contribution in [0.5, 0.6) is 0 Å². The van der Waals surface area contributed by atoms with E-state index in [1.54, 1.807) is 0 Å². The Bertz CT molecular complexity index is 984. The summed E-state index contributed by atoms with van der Waals surface area (Å²) in [5.41, 5.74) is 4.54. The van der Waals surface area contributed by atoms with Crippen molar-refractivity contribution in [2.75, 3.05) is 26.2 Å². The number of nitrogens with one attached hydrogen (secondary N) is 1. The third-order valence-corrected chi connectivity index (χ3v) is 8.05. The number of piperidine rings is 1. The van der Waals surface area contributed by atoms with E-state index in [1.807, 2.05) is 15.7 Å². The van der Waals surface area contributed by atoms with Crippen molar-refractivity contribution in [3.63, 3.8) is 0 Å². The summed E-state index contributed by atoms with van der Waals surface area (Å²) < 4.78 is 2.03. The standard InChI is InChI=1S/C29H41N5O/c1-2-16-34-27-13-12-25(21-26(27)28(31-34)29(35)33-17-8-3-4-9-18-33)30-24-14-19-32(20-15-24)22-23-10-6-5-7-11-23/h2,5-7,10-11,24-25,30H,1,3-4,8-9,12-22H2. The molecule has 0 spiro atoms. The molecule has 2 aliphatic heterocycles. The molecule has 188 valence electrons. The number of carbonyl (C=O) groups is 1. The fraction of sp³-hybridized carbons (Fsp3) is 0.586. The zero-order valence-electron chi connectivity index (χ0n) is 21.1. The Kier molecular flexibility index (Phi) is 7.99. The van der Waals surface area contributed by atoms with Gasteiger partial charge < -0.3 is 10.2 Å². The van der Waals surface area contributed by atoms with E-state index in [0.717, 1.165) is 64.8 Å². The van der Waals surface area contributed by atoms with Gasteiger partial charge in [-0.15, -0.1) is 6.58 Å². The van der Waals surface area contributed by atoms with Crippen LogP contribution in [0.4, 0.5) is 0 Å². The first kappa shape index (κ1) is 24.3. The van der Waals surface area contributed by atoms with Gasteiger partial charge >= 0.3 is 0 Å². The second-order valence-corrected chi connectivity index (χ2v) is 10.6. The number of nitrogens with zero attached hydrogens (tertiary/aromatic N) is 4. The highest BCUT2D eigenvalue weighted by molar-refractivity contribution is 5.94. The number of carbonyl (C=O) groups excluding carboxylic acids is 1.